The molecule has 4 heterocycles. The first-order chi connectivity index (χ1) is 17.8. The number of hydrogen-bond donors (Lipinski definition) is 0. The van der Waals surface area contributed by atoms with Crippen LogP contribution in [0.2, 0.25) is 0 Å². The average molecular weight is 513 g/mol. The van der Waals surface area contributed by atoms with E-state index < -0.39 is 6.43 Å². The van der Waals surface area contributed by atoms with Gasteiger partial charge in [-0.15, -0.1) is 15.3 Å². The summed E-state index contributed by atoms with van der Waals surface area (Å²) in [7, 11) is 0. The maximum absolute atomic E-state index is 12.9. The molecule has 196 valence electrons. The minimum atomic E-state index is -2.53. The number of anilines is 1. The van der Waals surface area contributed by atoms with Crippen LogP contribution in [0.3, 0.4) is 0 Å². The van der Waals surface area contributed by atoms with Crippen molar-refractivity contribution in [3.05, 3.63) is 53.3 Å². The molecule has 2 saturated heterocycles. The van der Waals surface area contributed by atoms with Crippen LogP contribution in [0.1, 0.15) is 37.2 Å². The molecule has 0 radical (unpaired) electrons. The predicted octanol–water partition coefficient (Wildman–Crippen LogP) is 2.62. The van der Waals surface area contributed by atoms with Crippen molar-refractivity contribution in [2.75, 3.05) is 37.6 Å². The number of carbonyl (C=O) groups excluding carboxylic acids is 1. The van der Waals surface area contributed by atoms with Crippen molar-refractivity contribution in [1.29, 1.82) is 0 Å². The van der Waals surface area contributed by atoms with Gasteiger partial charge in [0.25, 0.3) is 6.43 Å². The zero-order valence-electron chi connectivity index (χ0n) is 21.1. The van der Waals surface area contributed by atoms with Crippen LogP contribution in [0.4, 0.5) is 14.6 Å². The summed E-state index contributed by atoms with van der Waals surface area (Å²) in [4.78, 5) is 19.0. The van der Waals surface area contributed by atoms with E-state index in [1.165, 1.54) is 12.1 Å². The third-order valence-corrected chi connectivity index (χ3v) is 6.97. The Labute approximate surface area is 213 Å². The van der Waals surface area contributed by atoms with Crippen molar-refractivity contribution in [3.8, 4) is 11.6 Å². The van der Waals surface area contributed by atoms with Gasteiger partial charge >= 0.3 is 0 Å². The van der Waals surface area contributed by atoms with Gasteiger partial charge in [0, 0.05) is 43.9 Å². The molecule has 10 nitrogen and oxygen atoms in total. The first-order valence-electron chi connectivity index (χ1n) is 12.3. The molecule has 0 unspecified atom stereocenters. The molecule has 3 aromatic rings. The van der Waals surface area contributed by atoms with E-state index in [9.17, 15) is 13.6 Å². The van der Waals surface area contributed by atoms with Crippen molar-refractivity contribution in [2.24, 2.45) is 0 Å². The minimum Gasteiger partial charge on any atom is -0.470 e. The van der Waals surface area contributed by atoms with Crippen LogP contribution in [-0.4, -0.2) is 85.7 Å². The van der Waals surface area contributed by atoms with Crippen LogP contribution in [0.15, 0.2) is 36.4 Å². The standard InChI is InChI=1S/C25H30F2N8O2/c1-16(2)33-12-20(13-33)34-11-10-32(14-24(34)36)22-8-9-23(30-29-22)37-15-21-17(3)28-31-35(21)19-6-4-18(5-7-19)25(26)27/h4-9,16,20,25H,10-15H2,1-3H3. The van der Waals surface area contributed by atoms with Crippen molar-refractivity contribution in [2.45, 2.75) is 45.9 Å². The molecule has 1 aromatic carbocycles. The third kappa shape index (κ3) is 5.24. The Hall–Kier alpha value is -3.67. The molecular formula is C25H30F2N8O2. The van der Waals surface area contributed by atoms with Gasteiger partial charge in [-0.1, -0.05) is 17.3 Å². The molecule has 0 saturated carbocycles. The normalized spacial score (nSPS) is 17.1. The van der Waals surface area contributed by atoms with Crippen LogP contribution in [0.5, 0.6) is 5.88 Å². The summed E-state index contributed by atoms with van der Waals surface area (Å²) in [6.45, 7) is 9.78. The lowest BCUT2D eigenvalue weighted by Gasteiger charge is -2.49. The summed E-state index contributed by atoms with van der Waals surface area (Å²) in [5, 5.41) is 16.6. The molecule has 0 aliphatic carbocycles. The lowest BCUT2D eigenvalue weighted by atomic mass is 10.0. The van der Waals surface area contributed by atoms with E-state index in [2.05, 4.69) is 39.3 Å². The van der Waals surface area contributed by atoms with E-state index in [-0.39, 0.29) is 24.6 Å². The molecule has 2 aliphatic heterocycles. The number of aromatic nitrogens is 5. The largest absolute Gasteiger partial charge is 0.470 e. The molecule has 37 heavy (non-hydrogen) atoms. The van der Waals surface area contributed by atoms with Gasteiger partial charge in [0.15, 0.2) is 5.82 Å². The van der Waals surface area contributed by atoms with Gasteiger partial charge < -0.3 is 14.5 Å². The highest BCUT2D eigenvalue weighted by Crippen LogP contribution is 2.24. The zero-order chi connectivity index (χ0) is 26.1. The van der Waals surface area contributed by atoms with Gasteiger partial charge in [0.2, 0.25) is 11.8 Å². The number of halogens is 2. The highest BCUT2D eigenvalue weighted by molar-refractivity contribution is 5.83. The van der Waals surface area contributed by atoms with Crippen molar-refractivity contribution in [1.82, 2.24) is 35.0 Å². The topological polar surface area (TPSA) is 92.5 Å². The molecule has 2 aliphatic rings. The summed E-state index contributed by atoms with van der Waals surface area (Å²) in [6, 6.07) is 10.2. The number of likely N-dealkylation sites (tertiary alicyclic amines) is 1. The fraction of sp³-hybridized carbons (Fsp3) is 0.480. The highest BCUT2D eigenvalue weighted by Gasteiger charge is 2.38. The Balaban J connectivity index is 1.18. The fourth-order valence-corrected chi connectivity index (χ4v) is 4.59. The molecule has 0 N–H and O–H groups in total. The van der Waals surface area contributed by atoms with Gasteiger partial charge in [-0.2, -0.15) is 0 Å². The van der Waals surface area contributed by atoms with Crippen LogP contribution >= 0.6 is 0 Å². The lowest BCUT2D eigenvalue weighted by molar-refractivity contribution is -0.137. The first-order valence-corrected chi connectivity index (χ1v) is 12.3. The van der Waals surface area contributed by atoms with E-state index in [0.717, 1.165) is 13.1 Å². The monoisotopic (exact) mass is 512 g/mol. The van der Waals surface area contributed by atoms with E-state index in [0.29, 0.717) is 53.9 Å². The SMILES string of the molecule is Cc1nnn(-c2ccc(C(F)F)cc2)c1COc1ccc(N2CCN(C3CN(C(C)C)C3)C(=O)C2)nn1. The Bertz CT molecular complexity index is 1230. The molecule has 0 atom stereocenters. The number of amides is 1. The van der Waals surface area contributed by atoms with Gasteiger partial charge in [-0.25, -0.2) is 13.5 Å². The number of alkyl halides is 2. The van der Waals surface area contributed by atoms with Crippen molar-refractivity contribution < 1.29 is 18.3 Å². The first kappa shape index (κ1) is 25.0. The predicted molar refractivity (Wildman–Crippen MR) is 132 cm³/mol. The Morgan fingerprint density at radius 1 is 1.03 bits per heavy atom. The van der Waals surface area contributed by atoms with Crippen molar-refractivity contribution >= 4 is 11.7 Å². The maximum Gasteiger partial charge on any atom is 0.263 e. The second-order valence-corrected chi connectivity index (χ2v) is 9.65. The smallest absolute Gasteiger partial charge is 0.263 e. The van der Waals surface area contributed by atoms with E-state index in [4.69, 9.17) is 4.74 Å². The lowest BCUT2D eigenvalue weighted by Crippen LogP contribution is -2.66. The molecular weight excluding hydrogens is 482 g/mol. The summed E-state index contributed by atoms with van der Waals surface area (Å²) >= 11 is 0. The van der Waals surface area contributed by atoms with E-state index >= 15 is 0 Å². The number of benzene rings is 1. The second kappa shape index (κ2) is 10.4. The van der Waals surface area contributed by atoms with Gasteiger partial charge in [-0.05, 0) is 39.0 Å². The number of rotatable bonds is 8. The van der Waals surface area contributed by atoms with Crippen LogP contribution in [-0.2, 0) is 11.4 Å². The minimum absolute atomic E-state index is 0.0577. The molecule has 0 bridgehead atoms. The van der Waals surface area contributed by atoms with Gasteiger partial charge in [-0.3, -0.25) is 9.69 Å². The van der Waals surface area contributed by atoms with Crippen LogP contribution in [0.25, 0.3) is 5.69 Å². The molecule has 2 fully saturated rings. The maximum atomic E-state index is 12.9. The zero-order valence-corrected chi connectivity index (χ0v) is 21.1. The molecule has 1 amide bonds. The van der Waals surface area contributed by atoms with E-state index in [1.54, 1.807) is 35.9 Å². The second-order valence-electron chi connectivity index (χ2n) is 9.65. The summed E-state index contributed by atoms with van der Waals surface area (Å²) in [5.74, 6) is 1.05. The van der Waals surface area contributed by atoms with Gasteiger partial charge in [0.05, 0.1) is 24.0 Å². The molecule has 2 aromatic heterocycles. The quantitative estimate of drug-likeness (QED) is 0.455. The van der Waals surface area contributed by atoms with E-state index in [1.807, 2.05) is 9.80 Å². The van der Waals surface area contributed by atoms with Crippen molar-refractivity contribution in [3.63, 3.8) is 0 Å². The third-order valence-electron chi connectivity index (χ3n) is 6.97. The number of piperazine rings is 1. The Kier molecular flexibility index (Phi) is 7.00. The average Bonchev–Trinajstić information content (AvgIpc) is 3.23. The van der Waals surface area contributed by atoms with Gasteiger partial charge in [0.1, 0.15) is 12.3 Å². The Morgan fingerprint density at radius 3 is 2.41 bits per heavy atom. The number of carbonyl (C=O) groups is 1. The van der Waals surface area contributed by atoms with Crippen LogP contribution < -0.4 is 9.64 Å². The van der Waals surface area contributed by atoms with Crippen LogP contribution in [0, 0.1) is 6.92 Å². The molecule has 0 spiro atoms. The fourth-order valence-electron chi connectivity index (χ4n) is 4.59. The highest BCUT2D eigenvalue weighted by atomic mass is 19.3. The number of hydrogen-bond acceptors (Lipinski definition) is 8. The molecule has 5 rings (SSSR count). The summed E-state index contributed by atoms with van der Waals surface area (Å²) in [6.07, 6.45) is -2.53. The molecule has 12 heteroatoms. The number of aryl methyl sites for hydroxylation is 1. The summed E-state index contributed by atoms with van der Waals surface area (Å²) < 4.78 is 33.1. The Morgan fingerprint density at radius 2 is 1.78 bits per heavy atom. The number of nitrogens with zero attached hydrogens (tertiary/aromatic N) is 8. The summed E-state index contributed by atoms with van der Waals surface area (Å²) in [5.41, 5.74) is 1.87. The number of ether oxygens (including phenoxy) is 1.